The Bertz CT molecular complexity index is 685. The second kappa shape index (κ2) is 4.13. The van der Waals surface area contributed by atoms with Crippen LogP contribution in [0.4, 0.5) is 0 Å². The molecule has 1 aromatic carbocycles. The number of aliphatic hydroxyl groups is 2. The van der Waals surface area contributed by atoms with Gasteiger partial charge in [-0.3, -0.25) is 0 Å². The van der Waals surface area contributed by atoms with Crippen LogP contribution in [0, 0.1) is 5.92 Å². The molecule has 4 nitrogen and oxygen atoms in total. The smallest absolute Gasteiger partial charge is 0.138 e. The van der Waals surface area contributed by atoms with Crippen molar-refractivity contribution in [2.45, 2.75) is 43.1 Å². The lowest BCUT2D eigenvalue weighted by molar-refractivity contribution is -0.0453. The molecule has 1 fully saturated rings. The highest BCUT2D eigenvalue weighted by Crippen LogP contribution is 2.61. The summed E-state index contributed by atoms with van der Waals surface area (Å²) in [7, 11) is 2.20. The monoisotopic (exact) mass is 299 g/mol. The van der Waals surface area contributed by atoms with E-state index in [1.807, 2.05) is 12.1 Å². The van der Waals surface area contributed by atoms with Crippen molar-refractivity contribution in [3.63, 3.8) is 0 Å². The number of piperidine rings is 1. The van der Waals surface area contributed by atoms with E-state index in [-0.39, 0.29) is 18.1 Å². The molecule has 2 aliphatic heterocycles. The van der Waals surface area contributed by atoms with Crippen molar-refractivity contribution >= 4 is 0 Å². The Hall–Kier alpha value is -1.36. The van der Waals surface area contributed by atoms with E-state index in [0.717, 1.165) is 30.7 Å². The first kappa shape index (κ1) is 13.1. The highest BCUT2D eigenvalue weighted by Gasteiger charge is 2.63. The standard InChI is InChI=1S/C18H21NO3/c1-19-7-6-18-12-4-5-14(21)17(18)22-16-11(9-20)3-2-10(15(16)18)8-13(12)19/h2-5,12-14,17,20-21H,6-9H2,1H3. The summed E-state index contributed by atoms with van der Waals surface area (Å²) < 4.78 is 6.27. The third-order valence-electron chi connectivity index (χ3n) is 6.42. The van der Waals surface area contributed by atoms with E-state index in [9.17, 15) is 10.2 Å². The fourth-order valence-electron chi connectivity index (χ4n) is 5.43. The number of aliphatic hydroxyl groups excluding tert-OH is 2. The summed E-state index contributed by atoms with van der Waals surface area (Å²) in [6.45, 7) is 1.02. The molecular weight excluding hydrogens is 278 g/mol. The Balaban J connectivity index is 1.82. The van der Waals surface area contributed by atoms with Crippen LogP contribution >= 0.6 is 0 Å². The SMILES string of the molecule is CN1CCC23c4c5ccc(CO)c4OC2C(O)C=CC3C1C5. The lowest BCUT2D eigenvalue weighted by atomic mass is 9.53. The molecule has 1 aromatic rings. The molecule has 0 radical (unpaired) electrons. The molecule has 1 spiro atoms. The number of likely N-dealkylation sites (tertiary alicyclic amines) is 1. The van der Waals surface area contributed by atoms with Crippen molar-refractivity contribution in [3.05, 3.63) is 41.0 Å². The van der Waals surface area contributed by atoms with Crippen LogP contribution in [0.1, 0.15) is 23.1 Å². The third kappa shape index (κ3) is 1.31. The topological polar surface area (TPSA) is 52.9 Å². The average Bonchev–Trinajstić information content (AvgIpc) is 2.88. The van der Waals surface area contributed by atoms with E-state index >= 15 is 0 Å². The van der Waals surface area contributed by atoms with Gasteiger partial charge in [0.05, 0.1) is 6.61 Å². The van der Waals surface area contributed by atoms with Crippen molar-refractivity contribution in [2.24, 2.45) is 5.92 Å². The number of benzene rings is 1. The molecule has 0 saturated carbocycles. The van der Waals surface area contributed by atoms with Gasteiger partial charge in [-0.05, 0) is 32.0 Å². The summed E-state index contributed by atoms with van der Waals surface area (Å²) in [6, 6.07) is 4.62. The molecule has 2 heterocycles. The zero-order valence-corrected chi connectivity index (χ0v) is 12.7. The largest absolute Gasteiger partial charge is 0.486 e. The van der Waals surface area contributed by atoms with E-state index in [1.54, 1.807) is 0 Å². The van der Waals surface area contributed by atoms with Crippen LogP contribution in [-0.4, -0.2) is 47.0 Å². The molecule has 4 heteroatoms. The lowest BCUT2D eigenvalue weighted by Crippen LogP contribution is -2.64. The quantitative estimate of drug-likeness (QED) is 0.759. The van der Waals surface area contributed by atoms with Crippen molar-refractivity contribution in [1.82, 2.24) is 4.90 Å². The van der Waals surface area contributed by atoms with E-state index in [0.29, 0.717) is 12.0 Å². The summed E-state index contributed by atoms with van der Waals surface area (Å²) in [4.78, 5) is 2.45. The zero-order chi connectivity index (χ0) is 15.1. The van der Waals surface area contributed by atoms with Gasteiger partial charge in [0.2, 0.25) is 0 Å². The second-order valence-corrected chi connectivity index (χ2v) is 7.23. The molecule has 22 heavy (non-hydrogen) atoms. The molecule has 0 amide bonds. The Morgan fingerprint density at radius 2 is 2.23 bits per heavy atom. The van der Waals surface area contributed by atoms with Gasteiger partial charge in [0.15, 0.2) is 0 Å². The minimum Gasteiger partial charge on any atom is -0.486 e. The second-order valence-electron chi connectivity index (χ2n) is 7.23. The summed E-state index contributed by atoms with van der Waals surface area (Å²) in [5.41, 5.74) is 3.36. The minimum atomic E-state index is -0.565. The van der Waals surface area contributed by atoms with Gasteiger partial charge in [0.25, 0.3) is 0 Å². The van der Waals surface area contributed by atoms with Gasteiger partial charge in [0, 0.05) is 28.5 Å². The van der Waals surface area contributed by atoms with Gasteiger partial charge in [0.1, 0.15) is 18.0 Å². The lowest BCUT2D eigenvalue weighted by Gasteiger charge is -2.56. The molecule has 2 N–H and O–H groups in total. The minimum absolute atomic E-state index is 0.0110. The molecule has 2 aliphatic carbocycles. The number of rotatable bonds is 1. The van der Waals surface area contributed by atoms with Crippen LogP contribution in [0.5, 0.6) is 5.75 Å². The third-order valence-corrected chi connectivity index (χ3v) is 6.42. The summed E-state index contributed by atoms with van der Waals surface area (Å²) in [5, 5.41) is 20.2. The number of likely N-dealkylation sites (N-methyl/N-ethyl adjacent to an activating group) is 1. The fraction of sp³-hybridized carbons (Fsp3) is 0.556. The highest BCUT2D eigenvalue weighted by atomic mass is 16.5. The molecule has 1 saturated heterocycles. The first-order chi connectivity index (χ1) is 10.7. The fourth-order valence-corrected chi connectivity index (χ4v) is 5.43. The maximum absolute atomic E-state index is 10.5. The van der Waals surface area contributed by atoms with Crippen LogP contribution in [0.25, 0.3) is 0 Å². The van der Waals surface area contributed by atoms with E-state index in [1.165, 1.54) is 11.1 Å². The summed E-state index contributed by atoms with van der Waals surface area (Å²) >= 11 is 0. The highest BCUT2D eigenvalue weighted by molar-refractivity contribution is 5.59. The van der Waals surface area contributed by atoms with E-state index in [4.69, 9.17) is 4.74 Å². The zero-order valence-electron chi connectivity index (χ0n) is 12.7. The summed E-state index contributed by atoms with van der Waals surface area (Å²) in [6.07, 6.45) is 5.38. The van der Waals surface area contributed by atoms with Crippen molar-refractivity contribution in [2.75, 3.05) is 13.6 Å². The first-order valence-corrected chi connectivity index (χ1v) is 8.16. The number of ether oxygens (including phenoxy) is 1. The Morgan fingerprint density at radius 3 is 3.05 bits per heavy atom. The number of hydrogen-bond donors (Lipinski definition) is 2. The van der Waals surface area contributed by atoms with Crippen molar-refractivity contribution < 1.29 is 14.9 Å². The van der Waals surface area contributed by atoms with Crippen molar-refractivity contribution in [1.29, 1.82) is 0 Å². The maximum Gasteiger partial charge on any atom is 0.138 e. The Kier molecular flexibility index (Phi) is 2.46. The molecule has 116 valence electrons. The molecule has 5 rings (SSSR count). The number of hydrogen-bond acceptors (Lipinski definition) is 4. The average molecular weight is 299 g/mol. The predicted molar refractivity (Wildman–Crippen MR) is 81.8 cm³/mol. The van der Waals surface area contributed by atoms with Crippen molar-refractivity contribution in [3.8, 4) is 5.75 Å². The Labute approximate surface area is 130 Å². The molecule has 0 aromatic heterocycles. The Morgan fingerprint density at radius 1 is 1.36 bits per heavy atom. The van der Waals surface area contributed by atoms with Gasteiger partial charge < -0.3 is 19.8 Å². The van der Waals surface area contributed by atoms with Gasteiger partial charge in [-0.2, -0.15) is 0 Å². The maximum atomic E-state index is 10.5. The molecule has 5 atom stereocenters. The molecule has 4 aliphatic rings. The first-order valence-electron chi connectivity index (χ1n) is 8.16. The van der Waals surface area contributed by atoms with Gasteiger partial charge in [-0.15, -0.1) is 0 Å². The van der Waals surface area contributed by atoms with Crippen LogP contribution in [0.15, 0.2) is 24.3 Å². The van der Waals surface area contributed by atoms with Gasteiger partial charge in [-0.1, -0.05) is 24.3 Å². The predicted octanol–water partition coefficient (Wildman–Crippen LogP) is 0.985. The molecule has 2 bridgehead atoms. The normalized spacial score (nSPS) is 41.2. The summed E-state index contributed by atoms with van der Waals surface area (Å²) in [5.74, 6) is 1.24. The number of nitrogens with zero attached hydrogens (tertiary/aromatic N) is 1. The van der Waals surface area contributed by atoms with Gasteiger partial charge in [-0.25, -0.2) is 0 Å². The van der Waals surface area contributed by atoms with Crippen LogP contribution in [-0.2, 0) is 18.4 Å². The molecule has 5 unspecified atom stereocenters. The van der Waals surface area contributed by atoms with Crippen LogP contribution in [0.2, 0.25) is 0 Å². The molecular formula is C18H21NO3. The van der Waals surface area contributed by atoms with Crippen LogP contribution < -0.4 is 4.74 Å². The van der Waals surface area contributed by atoms with Gasteiger partial charge >= 0.3 is 0 Å². The van der Waals surface area contributed by atoms with E-state index < -0.39 is 6.10 Å². The van der Waals surface area contributed by atoms with E-state index in [2.05, 4.69) is 24.1 Å². The van der Waals surface area contributed by atoms with Crippen LogP contribution in [0.3, 0.4) is 0 Å².